The van der Waals surface area contributed by atoms with Gasteiger partial charge in [0.2, 0.25) is 0 Å². The van der Waals surface area contributed by atoms with Crippen molar-refractivity contribution in [1.82, 2.24) is 0 Å². The number of carbonyl (C=O) groups is 1. The van der Waals surface area contributed by atoms with Crippen LogP contribution in [0.4, 0.5) is 0 Å². The molecular formula is C13H15ClO4. The van der Waals surface area contributed by atoms with Crippen molar-refractivity contribution in [3.8, 4) is 5.75 Å². The summed E-state index contributed by atoms with van der Waals surface area (Å²) in [6.45, 7) is 0. The molecule has 2 rings (SSSR count). The molecule has 1 atom stereocenters. The Kier molecular flexibility index (Phi) is 3.78. The molecule has 0 saturated heterocycles. The molecule has 1 aliphatic carbocycles. The molecule has 0 spiro atoms. The van der Waals surface area contributed by atoms with Crippen LogP contribution in [0.2, 0.25) is 5.02 Å². The van der Waals surface area contributed by atoms with Gasteiger partial charge in [-0.15, -0.1) is 0 Å². The van der Waals surface area contributed by atoms with Crippen molar-refractivity contribution in [3.63, 3.8) is 0 Å². The Morgan fingerprint density at radius 1 is 1.44 bits per heavy atom. The number of esters is 1. The van der Waals surface area contributed by atoms with Crippen molar-refractivity contribution < 1.29 is 19.4 Å². The summed E-state index contributed by atoms with van der Waals surface area (Å²) in [6, 6.07) is 1.79. The smallest absolute Gasteiger partial charge is 0.339 e. The van der Waals surface area contributed by atoms with E-state index in [0.29, 0.717) is 16.3 Å². The zero-order valence-corrected chi connectivity index (χ0v) is 11.1. The molecule has 0 amide bonds. The van der Waals surface area contributed by atoms with E-state index in [9.17, 15) is 9.90 Å². The molecule has 0 saturated carbocycles. The second-order valence-corrected chi connectivity index (χ2v) is 4.61. The van der Waals surface area contributed by atoms with Crippen LogP contribution in [0.15, 0.2) is 6.07 Å². The van der Waals surface area contributed by atoms with E-state index < -0.39 is 12.1 Å². The average molecular weight is 271 g/mol. The third-order valence-electron chi connectivity index (χ3n) is 3.24. The lowest BCUT2D eigenvalue weighted by atomic mass is 10.0. The van der Waals surface area contributed by atoms with Gasteiger partial charge in [-0.05, 0) is 36.5 Å². The lowest BCUT2D eigenvalue weighted by molar-refractivity contribution is -0.150. The number of aliphatic hydroxyl groups is 1. The Labute approximate surface area is 110 Å². The number of aliphatic hydroxyl groups excluding tert-OH is 1. The molecule has 0 bridgehead atoms. The number of rotatable bonds is 3. The number of carbonyl (C=O) groups excluding carboxylic acids is 1. The Balaban J connectivity index is 2.53. The molecule has 0 heterocycles. The number of benzene rings is 1. The van der Waals surface area contributed by atoms with Gasteiger partial charge in [0.05, 0.1) is 19.2 Å². The van der Waals surface area contributed by atoms with E-state index in [0.717, 1.165) is 30.4 Å². The van der Waals surface area contributed by atoms with Gasteiger partial charge in [0.15, 0.2) is 6.10 Å². The number of methoxy groups -OCH3 is 2. The van der Waals surface area contributed by atoms with E-state index in [4.69, 9.17) is 16.3 Å². The van der Waals surface area contributed by atoms with Crippen molar-refractivity contribution in [2.45, 2.75) is 25.4 Å². The highest BCUT2D eigenvalue weighted by atomic mass is 35.5. The highest BCUT2D eigenvalue weighted by Crippen LogP contribution is 2.41. The maximum atomic E-state index is 11.4. The summed E-state index contributed by atoms with van der Waals surface area (Å²) in [6.07, 6.45) is 1.46. The molecule has 1 unspecified atom stereocenters. The van der Waals surface area contributed by atoms with E-state index in [2.05, 4.69) is 4.74 Å². The molecule has 1 aromatic carbocycles. The monoisotopic (exact) mass is 270 g/mol. The minimum absolute atomic E-state index is 0.357. The van der Waals surface area contributed by atoms with E-state index in [1.54, 1.807) is 6.07 Å². The van der Waals surface area contributed by atoms with Crippen LogP contribution in [-0.4, -0.2) is 25.3 Å². The van der Waals surface area contributed by atoms with Gasteiger partial charge in [0.25, 0.3) is 0 Å². The van der Waals surface area contributed by atoms with Crippen molar-refractivity contribution in [3.05, 3.63) is 27.8 Å². The molecular weight excluding hydrogens is 256 g/mol. The molecule has 5 heteroatoms. The number of aryl methyl sites for hydroxylation is 1. The summed E-state index contributed by atoms with van der Waals surface area (Å²) >= 11 is 6.26. The molecule has 0 aliphatic heterocycles. The first-order chi connectivity index (χ1) is 8.60. The van der Waals surface area contributed by atoms with Crippen LogP contribution < -0.4 is 4.74 Å². The topological polar surface area (TPSA) is 55.8 Å². The summed E-state index contributed by atoms with van der Waals surface area (Å²) in [4.78, 5) is 11.4. The highest BCUT2D eigenvalue weighted by molar-refractivity contribution is 6.33. The number of fused-ring (bicyclic) bond motifs is 1. The second-order valence-electron chi connectivity index (χ2n) is 4.23. The summed E-state index contributed by atoms with van der Waals surface area (Å²) in [5, 5.41) is 10.4. The predicted molar refractivity (Wildman–Crippen MR) is 67.0 cm³/mol. The predicted octanol–water partition coefficient (Wildman–Crippen LogP) is 2.04. The van der Waals surface area contributed by atoms with Gasteiger partial charge in [0, 0.05) is 5.56 Å². The summed E-state index contributed by atoms with van der Waals surface area (Å²) in [5.41, 5.74) is 2.49. The Morgan fingerprint density at radius 2 is 2.17 bits per heavy atom. The molecule has 4 nitrogen and oxygen atoms in total. The molecule has 0 radical (unpaired) electrons. The third-order valence-corrected chi connectivity index (χ3v) is 3.64. The standard InChI is InChI=1S/C13H15ClO4/c1-17-12-9(11(15)13(16)18-2)6-7-4-3-5-8(7)10(12)14/h6,11,15H,3-5H2,1-2H3. The molecule has 0 aromatic heterocycles. The third kappa shape index (κ3) is 2.06. The van der Waals surface area contributed by atoms with Crippen LogP contribution in [0, 0.1) is 0 Å². The average Bonchev–Trinajstić information content (AvgIpc) is 2.85. The van der Waals surface area contributed by atoms with Crippen LogP contribution in [0.25, 0.3) is 0 Å². The number of ether oxygens (including phenoxy) is 2. The van der Waals surface area contributed by atoms with Gasteiger partial charge in [-0.3, -0.25) is 0 Å². The van der Waals surface area contributed by atoms with Crippen LogP contribution in [-0.2, 0) is 22.4 Å². The molecule has 1 aliphatic rings. The lowest BCUT2D eigenvalue weighted by Crippen LogP contribution is -2.15. The number of hydrogen-bond acceptors (Lipinski definition) is 4. The quantitative estimate of drug-likeness (QED) is 0.854. The maximum absolute atomic E-state index is 11.4. The normalized spacial score (nSPS) is 15.1. The zero-order valence-electron chi connectivity index (χ0n) is 10.3. The molecule has 1 N–H and O–H groups in total. The van der Waals surface area contributed by atoms with Gasteiger partial charge in [0.1, 0.15) is 5.75 Å². The lowest BCUT2D eigenvalue weighted by Gasteiger charge is -2.17. The molecule has 18 heavy (non-hydrogen) atoms. The SMILES string of the molecule is COC(=O)C(O)c1cc2c(c(Cl)c1OC)CCC2. The van der Waals surface area contributed by atoms with Gasteiger partial charge >= 0.3 is 5.97 Å². The fourth-order valence-corrected chi connectivity index (χ4v) is 2.75. The minimum Gasteiger partial charge on any atom is -0.495 e. The fraction of sp³-hybridized carbons (Fsp3) is 0.462. The summed E-state index contributed by atoms with van der Waals surface area (Å²) < 4.78 is 9.76. The van der Waals surface area contributed by atoms with E-state index in [1.165, 1.54) is 14.2 Å². The van der Waals surface area contributed by atoms with Crippen molar-refractivity contribution in [2.75, 3.05) is 14.2 Å². The van der Waals surface area contributed by atoms with Crippen molar-refractivity contribution in [1.29, 1.82) is 0 Å². The summed E-state index contributed by atoms with van der Waals surface area (Å²) in [7, 11) is 2.70. The van der Waals surface area contributed by atoms with Gasteiger partial charge in [-0.25, -0.2) is 4.79 Å². The molecule has 1 aromatic rings. The molecule has 98 valence electrons. The van der Waals surface area contributed by atoms with Gasteiger partial charge < -0.3 is 14.6 Å². The second kappa shape index (κ2) is 5.16. The first kappa shape index (κ1) is 13.2. The first-order valence-electron chi connectivity index (χ1n) is 5.74. The van der Waals surface area contributed by atoms with Crippen molar-refractivity contribution >= 4 is 17.6 Å². The van der Waals surface area contributed by atoms with Crippen LogP contribution in [0.5, 0.6) is 5.75 Å². The Morgan fingerprint density at radius 3 is 2.78 bits per heavy atom. The zero-order chi connectivity index (χ0) is 13.3. The first-order valence-corrected chi connectivity index (χ1v) is 6.12. The van der Waals surface area contributed by atoms with E-state index in [1.807, 2.05) is 0 Å². The highest BCUT2D eigenvalue weighted by Gasteiger charge is 2.28. The summed E-state index contributed by atoms with van der Waals surface area (Å²) in [5.74, 6) is -0.363. The fourth-order valence-electron chi connectivity index (χ4n) is 2.34. The van der Waals surface area contributed by atoms with Crippen LogP contribution in [0.3, 0.4) is 0 Å². The Hall–Kier alpha value is -1.26. The number of halogens is 1. The molecule has 0 fully saturated rings. The van der Waals surface area contributed by atoms with Crippen LogP contribution >= 0.6 is 11.6 Å². The largest absolute Gasteiger partial charge is 0.495 e. The van der Waals surface area contributed by atoms with E-state index in [-0.39, 0.29) is 0 Å². The van der Waals surface area contributed by atoms with Crippen LogP contribution in [0.1, 0.15) is 29.2 Å². The van der Waals surface area contributed by atoms with Crippen molar-refractivity contribution in [2.24, 2.45) is 0 Å². The Bertz CT molecular complexity index is 484. The van der Waals surface area contributed by atoms with Gasteiger partial charge in [-0.2, -0.15) is 0 Å². The number of hydrogen-bond donors (Lipinski definition) is 1. The maximum Gasteiger partial charge on any atom is 0.339 e. The van der Waals surface area contributed by atoms with E-state index >= 15 is 0 Å². The minimum atomic E-state index is -1.37. The van der Waals surface area contributed by atoms with Gasteiger partial charge in [-0.1, -0.05) is 11.6 Å².